The highest BCUT2D eigenvalue weighted by atomic mass is 19.1. The predicted octanol–water partition coefficient (Wildman–Crippen LogP) is 3.16. The van der Waals surface area contributed by atoms with Gasteiger partial charge in [0.05, 0.1) is 5.56 Å². The highest BCUT2D eigenvalue weighted by Crippen LogP contribution is 2.25. The van der Waals surface area contributed by atoms with Crippen LogP contribution in [0.4, 0.5) is 14.5 Å². The molecule has 0 fully saturated rings. The maximum atomic E-state index is 13.6. The fourth-order valence-corrected chi connectivity index (χ4v) is 2.26. The van der Waals surface area contributed by atoms with Crippen LogP contribution in [0.1, 0.15) is 21.5 Å². The Bertz CT molecular complexity index is 667. The molecule has 0 amide bonds. The molecule has 2 nitrogen and oxygen atoms in total. The Balaban J connectivity index is 2.00. The van der Waals surface area contributed by atoms with Crippen LogP contribution in [0.25, 0.3) is 0 Å². The lowest BCUT2D eigenvalue weighted by Crippen LogP contribution is -2.05. The van der Waals surface area contributed by atoms with Crippen molar-refractivity contribution in [3.05, 3.63) is 64.7 Å². The lowest BCUT2D eigenvalue weighted by molar-refractivity contribution is 0.103. The molecule has 2 aromatic rings. The number of hydrogen-bond acceptors (Lipinski definition) is 2. The van der Waals surface area contributed by atoms with Crippen LogP contribution < -0.4 is 5.32 Å². The molecular formula is C15H11F2NO. The summed E-state index contributed by atoms with van der Waals surface area (Å²) >= 11 is 0. The van der Waals surface area contributed by atoms with E-state index in [4.69, 9.17) is 0 Å². The molecule has 0 aliphatic carbocycles. The van der Waals surface area contributed by atoms with Crippen LogP contribution in [0.5, 0.6) is 0 Å². The van der Waals surface area contributed by atoms with Gasteiger partial charge in [-0.15, -0.1) is 0 Å². The fourth-order valence-electron chi connectivity index (χ4n) is 2.26. The molecule has 96 valence electrons. The Hall–Kier alpha value is -2.23. The monoisotopic (exact) mass is 259 g/mol. The smallest absolute Gasteiger partial charge is 0.196 e. The molecule has 0 saturated heterocycles. The number of ketones is 1. The van der Waals surface area contributed by atoms with Crippen LogP contribution in [-0.2, 0) is 6.42 Å². The van der Waals surface area contributed by atoms with Crippen molar-refractivity contribution < 1.29 is 13.6 Å². The molecule has 0 spiro atoms. The third-order valence-electron chi connectivity index (χ3n) is 3.26. The van der Waals surface area contributed by atoms with Crippen molar-refractivity contribution in [1.82, 2.24) is 0 Å². The van der Waals surface area contributed by atoms with E-state index < -0.39 is 17.4 Å². The van der Waals surface area contributed by atoms with E-state index in [0.29, 0.717) is 5.56 Å². The number of carbonyl (C=O) groups excluding carboxylic acids is 1. The van der Waals surface area contributed by atoms with E-state index in [1.807, 2.05) is 6.07 Å². The first-order valence-corrected chi connectivity index (χ1v) is 6.02. The Labute approximate surface area is 109 Å². The van der Waals surface area contributed by atoms with Crippen molar-refractivity contribution in [2.75, 3.05) is 11.9 Å². The number of hydrogen-bond donors (Lipinski definition) is 1. The fraction of sp³-hybridized carbons (Fsp3) is 0.133. The number of fused-ring (bicyclic) bond motifs is 1. The summed E-state index contributed by atoms with van der Waals surface area (Å²) in [4.78, 5) is 12.2. The molecule has 0 unspecified atom stereocenters. The zero-order valence-electron chi connectivity index (χ0n) is 10.0. The lowest BCUT2D eigenvalue weighted by Gasteiger charge is -2.05. The second kappa shape index (κ2) is 4.46. The molecule has 0 aromatic heterocycles. The standard InChI is InChI=1S/C15H11F2NO/c16-11-3-4-12(13(17)8-11)15(19)10-2-1-9-5-6-18-14(9)7-10/h1-4,7-8,18H,5-6H2. The average Bonchev–Trinajstić information content (AvgIpc) is 2.85. The Morgan fingerprint density at radius 3 is 2.74 bits per heavy atom. The first-order chi connectivity index (χ1) is 9.15. The molecular weight excluding hydrogens is 248 g/mol. The highest BCUT2D eigenvalue weighted by molar-refractivity contribution is 6.09. The summed E-state index contributed by atoms with van der Waals surface area (Å²) in [6.07, 6.45) is 0.925. The maximum Gasteiger partial charge on any atom is 0.196 e. The van der Waals surface area contributed by atoms with Crippen molar-refractivity contribution in [1.29, 1.82) is 0 Å². The molecule has 1 heterocycles. The molecule has 4 heteroatoms. The lowest BCUT2D eigenvalue weighted by atomic mass is 10.0. The number of halogens is 2. The SMILES string of the molecule is O=C(c1ccc2c(c1)NCC2)c1ccc(F)cc1F. The second-order valence-electron chi connectivity index (χ2n) is 4.50. The largest absolute Gasteiger partial charge is 0.384 e. The van der Waals surface area contributed by atoms with Crippen molar-refractivity contribution in [2.45, 2.75) is 6.42 Å². The van der Waals surface area contributed by atoms with Gasteiger partial charge in [0.2, 0.25) is 0 Å². The van der Waals surface area contributed by atoms with Gasteiger partial charge in [-0.25, -0.2) is 8.78 Å². The topological polar surface area (TPSA) is 29.1 Å². The quantitative estimate of drug-likeness (QED) is 0.839. The zero-order chi connectivity index (χ0) is 13.4. The molecule has 3 rings (SSSR count). The van der Waals surface area contributed by atoms with E-state index in [0.717, 1.165) is 36.3 Å². The summed E-state index contributed by atoms with van der Waals surface area (Å²) in [6.45, 7) is 0.845. The number of benzene rings is 2. The van der Waals surface area contributed by atoms with Gasteiger partial charge in [0.25, 0.3) is 0 Å². The first kappa shape index (κ1) is 11.8. The van der Waals surface area contributed by atoms with Crippen LogP contribution in [-0.4, -0.2) is 12.3 Å². The van der Waals surface area contributed by atoms with Gasteiger partial charge < -0.3 is 5.32 Å². The van der Waals surface area contributed by atoms with E-state index in [9.17, 15) is 13.6 Å². The van der Waals surface area contributed by atoms with Gasteiger partial charge in [0.1, 0.15) is 11.6 Å². The zero-order valence-corrected chi connectivity index (χ0v) is 10.0. The van der Waals surface area contributed by atoms with E-state index in [2.05, 4.69) is 5.32 Å². The molecule has 0 bridgehead atoms. The second-order valence-corrected chi connectivity index (χ2v) is 4.50. The van der Waals surface area contributed by atoms with Gasteiger partial charge in [-0.05, 0) is 30.2 Å². The van der Waals surface area contributed by atoms with Crippen molar-refractivity contribution >= 4 is 11.5 Å². The summed E-state index contributed by atoms with van der Waals surface area (Å²) in [6, 6.07) is 8.24. The molecule has 0 atom stereocenters. The molecule has 1 N–H and O–H groups in total. The molecule has 1 aliphatic rings. The van der Waals surface area contributed by atoms with Crippen molar-refractivity contribution in [2.24, 2.45) is 0 Å². The summed E-state index contributed by atoms with van der Waals surface area (Å²) in [7, 11) is 0. The normalized spacial score (nSPS) is 12.9. The van der Waals surface area contributed by atoms with Gasteiger partial charge in [0.15, 0.2) is 5.78 Å². The molecule has 0 radical (unpaired) electrons. The minimum atomic E-state index is -0.835. The third kappa shape index (κ3) is 2.10. The van der Waals surface area contributed by atoms with Gasteiger partial charge in [0, 0.05) is 23.9 Å². The predicted molar refractivity (Wildman–Crippen MR) is 68.4 cm³/mol. The summed E-state index contributed by atoms with van der Waals surface area (Å²) < 4.78 is 26.4. The Morgan fingerprint density at radius 1 is 1.11 bits per heavy atom. The van der Waals surface area contributed by atoms with Crippen LogP contribution in [0.3, 0.4) is 0 Å². The Morgan fingerprint density at radius 2 is 1.95 bits per heavy atom. The van der Waals surface area contributed by atoms with E-state index in [1.165, 1.54) is 6.07 Å². The first-order valence-electron chi connectivity index (χ1n) is 6.02. The minimum absolute atomic E-state index is 0.112. The Kier molecular flexibility index (Phi) is 2.78. The summed E-state index contributed by atoms with van der Waals surface area (Å²) in [5, 5.41) is 3.16. The summed E-state index contributed by atoms with van der Waals surface area (Å²) in [5.41, 5.74) is 2.35. The van der Waals surface area contributed by atoms with Crippen LogP contribution in [0.2, 0.25) is 0 Å². The van der Waals surface area contributed by atoms with Crippen LogP contribution in [0, 0.1) is 11.6 Å². The average molecular weight is 259 g/mol. The van der Waals surface area contributed by atoms with Gasteiger partial charge >= 0.3 is 0 Å². The number of nitrogens with one attached hydrogen (secondary N) is 1. The number of anilines is 1. The van der Waals surface area contributed by atoms with E-state index in [1.54, 1.807) is 12.1 Å². The van der Waals surface area contributed by atoms with Crippen molar-refractivity contribution in [3.63, 3.8) is 0 Å². The number of rotatable bonds is 2. The number of carbonyl (C=O) groups is 1. The maximum absolute atomic E-state index is 13.6. The van der Waals surface area contributed by atoms with Crippen LogP contribution in [0.15, 0.2) is 36.4 Å². The van der Waals surface area contributed by atoms with Gasteiger partial charge in [-0.1, -0.05) is 12.1 Å². The molecule has 2 aromatic carbocycles. The van der Waals surface area contributed by atoms with Gasteiger partial charge in [-0.2, -0.15) is 0 Å². The third-order valence-corrected chi connectivity index (χ3v) is 3.26. The summed E-state index contributed by atoms with van der Waals surface area (Å²) in [5.74, 6) is -1.96. The van der Waals surface area contributed by atoms with Crippen LogP contribution >= 0.6 is 0 Å². The minimum Gasteiger partial charge on any atom is -0.384 e. The van der Waals surface area contributed by atoms with E-state index in [-0.39, 0.29) is 5.56 Å². The highest BCUT2D eigenvalue weighted by Gasteiger charge is 2.17. The molecule has 0 saturated carbocycles. The molecule has 1 aliphatic heterocycles. The van der Waals surface area contributed by atoms with Gasteiger partial charge in [-0.3, -0.25) is 4.79 Å². The van der Waals surface area contributed by atoms with E-state index >= 15 is 0 Å². The van der Waals surface area contributed by atoms with Crippen molar-refractivity contribution in [3.8, 4) is 0 Å². The molecule has 19 heavy (non-hydrogen) atoms.